The number of alkyl halides is 3. The van der Waals surface area contributed by atoms with Crippen LogP contribution in [0.25, 0.3) is 22.2 Å². The SMILES string of the molecule is CCCCCN(C(=O)N(C)C)c1ccc2nc(CCCC)n(Cc3ccc(-c4ccccc4OC(=O)O)cc3)c2c1.O=C(O)C(F)(F)F. The van der Waals surface area contributed by atoms with Gasteiger partial charge in [0.2, 0.25) is 0 Å². The van der Waals surface area contributed by atoms with E-state index in [4.69, 9.17) is 24.7 Å². The number of nitrogens with zero attached hydrogens (tertiary/aromatic N) is 4. The van der Waals surface area contributed by atoms with Crippen LogP contribution in [-0.4, -0.2) is 69.6 Å². The van der Waals surface area contributed by atoms with Crippen molar-refractivity contribution in [1.82, 2.24) is 14.5 Å². The number of unbranched alkanes of at least 4 members (excludes halogenated alkanes) is 3. The predicted octanol–water partition coefficient (Wildman–Crippen LogP) is 8.46. The van der Waals surface area contributed by atoms with Crippen molar-refractivity contribution < 1.29 is 42.5 Å². The molecule has 0 aliphatic carbocycles. The molecule has 1 heterocycles. The molecule has 0 saturated heterocycles. The number of rotatable bonds is 12. The first-order valence-corrected chi connectivity index (χ1v) is 15.6. The van der Waals surface area contributed by atoms with E-state index in [-0.39, 0.29) is 6.03 Å². The monoisotopic (exact) mass is 670 g/mol. The van der Waals surface area contributed by atoms with Gasteiger partial charge in [-0.3, -0.25) is 4.90 Å². The van der Waals surface area contributed by atoms with Crippen LogP contribution in [0.3, 0.4) is 0 Å². The van der Waals surface area contributed by atoms with Gasteiger partial charge in [0.15, 0.2) is 0 Å². The van der Waals surface area contributed by atoms with Crippen molar-refractivity contribution in [2.45, 2.75) is 65.1 Å². The lowest BCUT2D eigenvalue weighted by Gasteiger charge is -2.26. The van der Waals surface area contributed by atoms with Gasteiger partial charge in [-0.2, -0.15) is 13.2 Å². The zero-order valence-corrected chi connectivity index (χ0v) is 27.5. The van der Waals surface area contributed by atoms with Gasteiger partial charge in [0.05, 0.1) is 11.0 Å². The van der Waals surface area contributed by atoms with Gasteiger partial charge in [0.1, 0.15) is 11.6 Å². The molecule has 0 fully saturated rings. The van der Waals surface area contributed by atoms with Crippen molar-refractivity contribution >= 4 is 34.9 Å². The molecule has 0 radical (unpaired) electrons. The van der Waals surface area contributed by atoms with E-state index in [0.717, 1.165) is 77.8 Å². The zero-order chi connectivity index (χ0) is 35.4. The van der Waals surface area contributed by atoms with Gasteiger partial charge in [0, 0.05) is 44.9 Å². The number of carboxylic acid groups (broad SMARTS) is 2. The van der Waals surface area contributed by atoms with Crippen molar-refractivity contribution in [3.8, 4) is 16.9 Å². The molecule has 2 N–H and O–H groups in total. The molecule has 0 aliphatic rings. The number of amides is 2. The summed E-state index contributed by atoms with van der Waals surface area (Å²) in [7, 11) is 3.58. The first-order chi connectivity index (χ1) is 22.8. The van der Waals surface area contributed by atoms with Crippen LogP contribution in [0.2, 0.25) is 0 Å². The highest BCUT2D eigenvalue weighted by Crippen LogP contribution is 2.31. The average molecular weight is 671 g/mol. The lowest BCUT2D eigenvalue weighted by atomic mass is 10.0. The Kier molecular flexibility index (Phi) is 13.4. The molecule has 3 aromatic carbocycles. The van der Waals surface area contributed by atoms with Gasteiger partial charge in [-0.05, 0) is 48.2 Å². The van der Waals surface area contributed by atoms with Gasteiger partial charge >= 0.3 is 24.3 Å². The number of para-hydroxylation sites is 1. The van der Waals surface area contributed by atoms with Gasteiger partial charge in [0.25, 0.3) is 0 Å². The molecule has 0 bridgehead atoms. The molecule has 0 aliphatic heterocycles. The fourth-order valence-corrected chi connectivity index (χ4v) is 4.99. The minimum absolute atomic E-state index is 0.0273. The molecular formula is C35H41F3N4O6. The van der Waals surface area contributed by atoms with Crippen LogP contribution in [0, 0.1) is 0 Å². The predicted molar refractivity (Wildman–Crippen MR) is 178 cm³/mol. The van der Waals surface area contributed by atoms with E-state index in [1.807, 2.05) is 41.3 Å². The Morgan fingerprint density at radius 3 is 2.12 bits per heavy atom. The minimum atomic E-state index is -5.08. The summed E-state index contributed by atoms with van der Waals surface area (Å²) >= 11 is 0. The zero-order valence-electron chi connectivity index (χ0n) is 27.5. The van der Waals surface area contributed by atoms with E-state index in [1.54, 1.807) is 31.1 Å². The maximum absolute atomic E-state index is 13.1. The lowest BCUT2D eigenvalue weighted by Crippen LogP contribution is -2.40. The average Bonchev–Trinajstić information content (AvgIpc) is 3.38. The molecular weight excluding hydrogens is 629 g/mol. The quantitative estimate of drug-likeness (QED) is 0.0880. The van der Waals surface area contributed by atoms with Crippen molar-refractivity contribution in [1.29, 1.82) is 0 Å². The second-order valence-electron chi connectivity index (χ2n) is 11.3. The van der Waals surface area contributed by atoms with Crippen molar-refractivity contribution in [2.75, 3.05) is 25.5 Å². The van der Waals surface area contributed by atoms with Crippen LogP contribution < -0.4 is 9.64 Å². The number of ether oxygens (including phenoxy) is 1. The van der Waals surface area contributed by atoms with Gasteiger partial charge < -0.3 is 24.4 Å². The van der Waals surface area contributed by atoms with Crippen LogP contribution in [0.4, 0.5) is 28.4 Å². The number of aromatic nitrogens is 2. The number of aryl methyl sites for hydroxylation is 1. The molecule has 0 spiro atoms. The van der Waals surface area contributed by atoms with Crippen LogP contribution in [0.15, 0.2) is 66.7 Å². The maximum Gasteiger partial charge on any atom is 0.511 e. The van der Waals surface area contributed by atoms with E-state index in [1.165, 1.54) is 0 Å². The Balaban J connectivity index is 0.000000804. The number of urea groups is 1. The Morgan fingerprint density at radius 1 is 0.896 bits per heavy atom. The number of imidazole rings is 1. The molecule has 10 nitrogen and oxygen atoms in total. The summed E-state index contributed by atoms with van der Waals surface area (Å²) in [5, 5.41) is 16.2. The van der Waals surface area contributed by atoms with Crippen LogP contribution >= 0.6 is 0 Å². The van der Waals surface area contributed by atoms with Gasteiger partial charge in [-0.1, -0.05) is 75.6 Å². The Labute approximate surface area is 277 Å². The van der Waals surface area contributed by atoms with Crippen molar-refractivity contribution in [3.63, 3.8) is 0 Å². The summed E-state index contributed by atoms with van der Waals surface area (Å²) < 4.78 is 39.0. The number of anilines is 1. The summed E-state index contributed by atoms with van der Waals surface area (Å²) in [6.45, 7) is 5.64. The third-order valence-corrected chi connectivity index (χ3v) is 7.41. The first-order valence-electron chi connectivity index (χ1n) is 15.6. The standard InChI is InChI=1S/C33H40N4O4.C2HF3O2/c1-5-7-11-21-36(32(38)35(3)4)26-19-20-28-29(22-26)37(31(34-28)14-8-6-2)23-24-15-17-25(18-16-24)27-12-9-10-13-30(27)41-33(39)40;3-2(4,5)1(6)7/h9-10,12-13,15-20,22H,5-8,11,14,21,23H2,1-4H3,(H,39,40);(H,6,7). The molecule has 4 aromatic rings. The van der Waals surface area contributed by atoms with Crippen LogP contribution in [0.5, 0.6) is 5.75 Å². The Morgan fingerprint density at radius 2 is 1.54 bits per heavy atom. The van der Waals surface area contributed by atoms with E-state index in [0.29, 0.717) is 18.8 Å². The lowest BCUT2D eigenvalue weighted by molar-refractivity contribution is -0.192. The number of benzene rings is 3. The number of carbonyl (C=O) groups is 3. The molecule has 1 aromatic heterocycles. The summed E-state index contributed by atoms with van der Waals surface area (Å²) in [6.07, 6.45) is -0.329. The summed E-state index contributed by atoms with van der Waals surface area (Å²) in [5.74, 6) is -1.43. The molecule has 48 heavy (non-hydrogen) atoms. The highest BCUT2D eigenvalue weighted by atomic mass is 19.4. The number of aliphatic carboxylic acids is 1. The smallest absolute Gasteiger partial charge is 0.475 e. The van der Waals surface area contributed by atoms with E-state index < -0.39 is 18.3 Å². The Hall–Kier alpha value is -5.07. The van der Waals surface area contributed by atoms with Crippen molar-refractivity contribution in [3.05, 3.63) is 78.1 Å². The molecule has 0 atom stereocenters. The fourth-order valence-electron chi connectivity index (χ4n) is 4.99. The second-order valence-corrected chi connectivity index (χ2v) is 11.3. The fraction of sp³-hybridized carbons (Fsp3) is 0.371. The van der Waals surface area contributed by atoms with Gasteiger partial charge in [-0.25, -0.2) is 19.4 Å². The summed E-state index contributed by atoms with van der Waals surface area (Å²) in [4.78, 5) is 41.6. The van der Waals surface area contributed by atoms with Gasteiger partial charge in [-0.15, -0.1) is 0 Å². The van der Waals surface area contributed by atoms with E-state index in [9.17, 15) is 22.8 Å². The van der Waals surface area contributed by atoms with E-state index in [2.05, 4.69) is 36.6 Å². The number of hydrogen-bond donors (Lipinski definition) is 2. The second kappa shape index (κ2) is 17.2. The van der Waals surface area contributed by atoms with Crippen LogP contribution in [-0.2, 0) is 17.8 Å². The highest BCUT2D eigenvalue weighted by Gasteiger charge is 2.38. The number of hydrogen-bond acceptors (Lipinski definition) is 5. The first kappa shape index (κ1) is 37.4. The summed E-state index contributed by atoms with van der Waals surface area (Å²) in [6, 6.07) is 21.3. The topological polar surface area (TPSA) is 125 Å². The molecule has 4 rings (SSSR count). The third kappa shape index (κ3) is 10.2. The number of carboxylic acids is 1. The normalized spacial score (nSPS) is 11.1. The van der Waals surface area contributed by atoms with Crippen molar-refractivity contribution in [2.24, 2.45) is 0 Å². The Bertz CT molecular complexity index is 1690. The molecule has 13 heteroatoms. The maximum atomic E-state index is 13.1. The van der Waals surface area contributed by atoms with Crippen LogP contribution in [0.1, 0.15) is 57.3 Å². The summed E-state index contributed by atoms with van der Waals surface area (Å²) in [5.41, 5.74) is 5.49. The number of carbonyl (C=O) groups excluding carboxylic acids is 1. The highest BCUT2D eigenvalue weighted by molar-refractivity contribution is 5.94. The molecule has 0 unspecified atom stereocenters. The number of fused-ring (bicyclic) bond motifs is 1. The number of halogens is 3. The molecule has 2 amide bonds. The molecule has 258 valence electrons. The molecule has 0 saturated carbocycles. The van der Waals surface area contributed by atoms with E-state index >= 15 is 0 Å². The third-order valence-electron chi connectivity index (χ3n) is 7.41. The largest absolute Gasteiger partial charge is 0.511 e. The minimum Gasteiger partial charge on any atom is -0.475 e.